The van der Waals surface area contributed by atoms with Gasteiger partial charge in [0.2, 0.25) is 0 Å². The highest BCUT2D eigenvalue weighted by Crippen LogP contribution is 2.37. The third kappa shape index (κ3) is 3.28. The lowest BCUT2D eigenvalue weighted by molar-refractivity contribution is -0.120. The Bertz CT molecular complexity index is 1170. The van der Waals surface area contributed by atoms with E-state index in [1.807, 2.05) is 62.4 Å². The molecule has 0 saturated heterocycles. The minimum absolute atomic E-state index is 0.294. The normalized spacial score (nSPS) is 13.9. The van der Waals surface area contributed by atoms with E-state index >= 15 is 0 Å². The van der Waals surface area contributed by atoms with Crippen LogP contribution < -0.4 is 9.80 Å². The van der Waals surface area contributed by atoms with Crippen LogP contribution in [0.5, 0.6) is 0 Å². The summed E-state index contributed by atoms with van der Waals surface area (Å²) in [5, 5.41) is 0. The molecule has 0 radical (unpaired) electrons. The number of aryl methyl sites for hydroxylation is 2. The number of carbonyl (C=O) groups excluding carboxylic acids is 2. The molecular formula is C25H21FN2O2. The third-order valence-electron chi connectivity index (χ3n) is 5.27. The minimum Gasteiger partial charge on any atom is -0.339 e. The second-order valence-electron chi connectivity index (χ2n) is 7.36. The number of anilines is 2. The molecule has 0 spiro atoms. The number of nitrogens with zero attached hydrogens (tertiary/aromatic N) is 2. The summed E-state index contributed by atoms with van der Waals surface area (Å²) in [4.78, 5) is 29.9. The molecule has 0 N–H and O–H groups in total. The number of halogens is 1. The monoisotopic (exact) mass is 400 g/mol. The molecule has 3 aromatic rings. The Balaban J connectivity index is 1.91. The number of imide groups is 1. The zero-order chi connectivity index (χ0) is 21.4. The topological polar surface area (TPSA) is 40.6 Å². The SMILES string of the molecule is Cc1ccc(C2=C(N(C)c3ccccc3)C(=O)N(c3ccc(F)cc3)C2=O)c(C)c1. The lowest BCUT2D eigenvalue weighted by Gasteiger charge is -2.21. The van der Waals surface area contributed by atoms with Gasteiger partial charge in [-0.25, -0.2) is 9.29 Å². The van der Waals surface area contributed by atoms with E-state index in [9.17, 15) is 14.0 Å². The number of benzene rings is 3. The van der Waals surface area contributed by atoms with Gasteiger partial charge < -0.3 is 4.90 Å². The summed E-state index contributed by atoms with van der Waals surface area (Å²) in [7, 11) is 1.77. The van der Waals surface area contributed by atoms with Crippen LogP contribution in [0.4, 0.5) is 15.8 Å². The molecule has 0 bridgehead atoms. The first kappa shape index (κ1) is 19.6. The van der Waals surface area contributed by atoms with Crippen LogP contribution in [0.25, 0.3) is 5.57 Å². The van der Waals surface area contributed by atoms with E-state index in [1.54, 1.807) is 11.9 Å². The highest BCUT2D eigenvalue weighted by atomic mass is 19.1. The summed E-state index contributed by atoms with van der Waals surface area (Å²) in [6.45, 7) is 3.91. The van der Waals surface area contributed by atoms with Crippen molar-refractivity contribution in [1.29, 1.82) is 0 Å². The third-order valence-corrected chi connectivity index (χ3v) is 5.27. The summed E-state index contributed by atoms with van der Waals surface area (Å²) < 4.78 is 13.4. The molecule has 30 heavy (non-hydrogen) atoms. The van der Waals surface area contributed by atoms with Gasteiger partial charge in [0.1, 0.15) is 11.5 Å². The minimum atomic E-state index is -0.437. The number of likely N-dealkylation sites (N-methyl/N-ethyl adjacent to an activating group) is 1. The van der Waals surface area contributed by atoms with Crippen LogP contribution in [0, 0.1) is 19.7 Å². The molecule has 4 rings (SSSR count). The second kappa shape index (κ2) is 7.59. The van der Waals surface area contributed by atoms with Crippen LogP contribution in [0.2, 0.25) is 0 Å². The Morgan fingerprint density at radius 3 is 2.13 bits per heavy atom. The maximum atomic E-state index is 13.5. The second-order valence-corrected chi connectivity index (χ2v) is 7.36. The summed E-state index contributed by atoms with van der Waals surface area (Å²) in [6.07, 6.45) is 0. The molecule has 0 unspecified atom stereocenters. The molecule has 0 fully saturated rings. The number of rotatable bonds is 4. The number of hydrogen-bond donors (Lipinski definition) is 0. The van der Waals surface area contributed by atoms with Crippen LogP contribution in [0.1, 0.15) is 16.7 Å². The molecule has 1 aliphatic heterocycles. The molecule has 4 nitrogen and oxygen atoms in total. The molecule has 0 aromatic heterocycles. The highest BCUT2D eigenvalue weighted by Gasteiger charge is 2.42. The zero-order valence-electron chi connectivity index (χ0n) is 17.0. The van der Waals surface area contributed by atoms with E-state index in [-0.39, 0.29) is 0 Å². The maximum Gasteiger partial charge on any atom is 0.282 e. The van der Waals surface area contributed by atoms with Gasteiger partial charge in [-0.2, -0.15) is 0 Å². The fourth-order valence-corrected chi connectivity index (χ4v) is 3.77. The van der Waals surface area contributed by atoms with Crippen molar-refractivity contribution in [2.75, 3.05) is 16.8 Å². The predicted octanol–water partition coefficient (Wildman–Crippen LogP) is 4.86. The highest BCUT2D eigenvalue weighted by molar-refractivity contribution is 6.46. The maximum absolute atomic E-state index is 13.5. The number of hydrogen-bond acceptors (Lipinski definition) is 3. The summed E-state index contributed by atoms with van der Waals surface area (Å²) >= 11 is 0. The van der Waals surface area contributed by atoms with Crippen molar-refractivity contribution in [2.45, 2.75) is 13.8 Å². The Hall–Kier alpha value is -3.73. The number of para-hydroxylation sites is 1. The zero-order valence-corrected chi connectivity index (χ0v) is 17.0. The molecule has 3 aromatic carbocycles. The molecule has 0 aliphatic carbocycles. The number of amides is 2. The lowest BCUT2D eigenvalue weighted by atomic mass is 9.97. The van der Waals surface area contributed by atoms with Crippen LogP contribution in [0.15, 0.2) is 78.5 Å². The molecule has 0 saturated carbocycles. The fraction of sp³-hybridized carbons (Fsp3) is 0.120. The van der Waals surface area contributed by atoms with Crippen molar-refractivity contribution in [3.8, 4) is 0 Å². The average molecular weight is 400 g/mol. The molecule has 1 heterocycles. The van der Waals surface area contributed by atoms with E-state index in [4.69, 9.17) is 0 Å². The smallest absolute Gasteiger partial charge is 0.282 e. The summed E-state index contributed by atoms with van der Waals surface area (Å²) in [5.41, 5.74) is 4.45. The van der Waals surface area contributed by atoms with Gasteiger partial charge in [0.25, 0.3) is 11.8 Å². The van der Waals surface area contributed by atoms with Crippen molar-refractivity contribution in [3.05, 3.63) is 101 Å². The van der Waals surface area contributed by atoms with Crippen molar-refractivity contribution >= 4 is 28.8 Å². The van der Waals surface area contributed by atoms with Crippen molar-refractivity contribution < 1.29 is 14.0 Å². The standard InChI is InChI=1S/C25H21FN2O2/c1-16-9-14-21(17(2)15-16)22-23(27(3)19-7-5-4-6-8-19)25(30)28(24(22)29)20-12-10-18(26)11-13-20/h4-15H,1-3H3. The van der Waals surface area contributed by atoms with E-state index in [0.29, 0.717) is 22.5 Å². The van der Waals surface area contributed by atoms with Gasteiger partial charge in [-0.1, -0.05) is 42.0 Å². The largest absolute Gasteiger partial charge is 0.339 e. The number of carbonyl (C=O) groups is 2. The van der Waals surface area contributed by atoms with Gasteiger partial charge in [0.15, 0.2) is 0 Å². The fourth-order valence-electron chi connectivity index (χ4n) is 3.77. The Kier molecular flexibility index (Phi) is 4.96. The molecular weight excluding hydrogens is 379 g/mol. The van der Waals surface area contributed by atoms with Gasteiger partial charge in [0, 0.05) is 12.7 Å². The first-order chi connectivity index (χ1) is 14.4. The molecule has 2 amide bonds. The van der Waals surface area contributed by atoms with E-state index in [2.05, 4.69) is 0 Å². The predicted molar refractivity (Wildman–Crippen MR) is 117 cm³/mol. The van der Waals surface area contributed by atoms with Gasteiger partial charge in [0.05, 0.1) is 11.3 Å². The first-order valence-electron chi connectivity index (χ1n) is 9.63. The first-order valence-corrected chi connectivity index (χ1v) is 9.63. The van der Waals surface area contributed by atoms with Crippen LogP contribution in [0.3, 0.4) is 0 Å². The van der Waals surface area contributed by atoms with Crippen molar-refractivity contribution in [2.24, 2.45) is 0 Å². The Morgan fingerprint density at radius 1 is 0.833 bits per heavy atom. The Morgan fingerprint density at radius 2 is 1.50 bits per heavy atom. The van der Waals surface area contributed by atoms with Gasteiger partial charge in [-0.3, -0.25) is 9.59 Å². The van der Waals surface area contributed by atoms with Crippen LogP contribution in [-0.2, 0) is 9.59 Å². The quantitative estimate of drug-likeness (QED) is 0.587. The van der Waals surface area contributed by atoms with Crippen molar-refractivity contribution in [3.63, 3.8) is 0 Å². The molecule has 5 heteroatoms. The van der Waals surface area contributed by atoms with Crippen LogP contribution in [-0.4, -0.2) is 18.9 Å². The van der Waals surface area contributed by atoms with E-state index < -0.39 is 17.6 Å². The van der Waals surface area contributed by atoms with Gasteiger partial charge in [-0.15, -0.1) is 0 Å². The average Bonchev–Trinajstić information content (AvgIpc) is 2.99. The van der Waals surface area contributed by atoms with Gasteiger partial charge in [-0.05, 0) is 61.4 Å². The van der Waals surface area contributed by atoms with E-state index in [1.165, 1.54) is 24.3 Å². The molecule has 150 valence electrons. The van der Waals surface area contributed by atoms with Crippen molar-refractivity contribution in [1.82, 2.24) is 0 Å². The molecule has 1 aliphatic rings. The van der Waals surface area contributed by atoms with E-state index in [0.717, 1.165) is 21.7 Å². The lowest BCUT2D eigenvalue weighted by Crippen LogP contribution is -2.34. The summed E-state index contributed by atoms with van der Waals surface area (Å²) in [6, 6.07) is 20.6. The van der Waals surface area contributed by atoms with Crippen LogP contribution >= 0.6 is 0 Å². The van der Waals surface area contributed by atoms with Gasteiger partial charge >= 0.3 is 0 Å². The summed E-state index contributed by atoms with van der Waals surface area (Å²) in [5.74, 6) is -1.29. The molecule has 0 atom stereocenters. The Labute approximate surface area is 174 Å².